The highest BCUT2D eigenvalue weighted by atomic mass is 79.9. The zero-order valence-corrected chi connectivity index (χ0v) is 15.9. The number of fused-ring (bicyclic) bond motifs is 1. The first kappa shape index (κ1) is 18.3. The van der Waals surface area contributed by atoms with Crippen LogP contribution in [0.2, 0.25) is 0 Å². The quantitative estimate of drug-likeness (QED) is 0.589. The molecule has 3 rings (SSSR count). The van der Waals surface area contributed by atoms with Crippen molar-refractivity contribution < 1.29 is 13.9 Å². The van der Waals surface area contributed by atoms with Gasteiger partial charge in [0.1, 0.15) is 11.6 Å². The van der Waals surface area contributed by atoms with Crippen LogP contribution in [-0.4, -0.2) is 17.6 Å². The summed E-state index contributed by atoms with van der Waals surface area (Å²) in [6.07, 6.45) is 0. The topological polar surface area (TPSA) is 50.4 Å². The average molecular weight is 433 g/mol. The lowest BCUT2D eigenvalue weighted by Gasteiger charge is -2.12. The van der Waals surface area contributed by atoms with Gasteiger partial charge < -0.3 is 10.1 Å². The van der Waals surface area contributed by atoms with Crippen LogP contribution < -0.4 is 15.4 Å². The summed E-state index contributed by atoms with van der Waals surface area (Å²) in [5, 5.41) is 7.50. The van der Waals surface area contributed by atoms with Gasteiger partial charge in [0.2, 0.25) is 0 Å². The Hall–Kier alpha value is -2.51. The van der Waals surface area contributed by atoms with Crippen molar-refractivity contribution in [3.63, 3.8) is 0 Å². The Bertz CT molecular complexity index is 963. The van der Waals surface area contributed by atoms with Crippen LogP contribution in [0.25, 0.3) is 10.8 Å². The number of hydrogen-bond acceptors (Lipinski definition) is 3. The average Bonchev–Trinajstić information content (AvgIpc) is 2.63. The summed E-state index contributed by atoms with van der Waals surface area (Å²) >= 11 is 8.57. The summed E-state index contributed by atoms with van der Waals surface area (Å²) in [5.74, 6) is -0.180. The number of carbonyl (C=O) groups is 1. The molecule has 0 saturated carbocycles. The molecule has 0 saturated heterocycles. The van der Waals surface area contributed by atoms with Gasteiger partial charge >= 0.3 is 0 Å². The van der Waals surface area contributed by atoms with Gasteiger partial charge in [-0.25, -0.2) is 4.39 Å². The minimum absolute atomic E-state index is 0.114. The summed E-state index contributed by atoms with van der Waals surface area (Å²) in [7, 11) is 0. The summed E-state index contributed by atoms with van der Waals surface area (Å²) in [5.41, 5.74) is 0.579. The summed E-state index contributed by atoms with van der Waals surface area (Å²) in [6, 6.07) is 17.2. The molecule has 26 heavy (non-hydrogen) atoms. The Morgan fingerprint density at radius 2 is 1.81 bits per heavy atom. The third-order valence-corrected chi connectivity index (χ3v) is 4.56. The van der Waals surface area contributed by atoms with Crippen molar-refractivity contribution >= 4 is 55.6 Å². The van der Waals surface area contributed by atoms with Crippen LogP contribution in [0.1, 0.15) is 0 Å². The SMILES string of the molecule is O=C(COc1ccc2ccccc2c1Br)NC(=S)Nc1ccc(F)cc1. The molecule has 2 N–H and O–H groups in total. The fraction of sp³-hybridized carbons (Fsp3) is 0.0526. The van der Waals surface area contributed by atoms with E-state index in [0.717, 1.165) is 15.2 Å². The summed E-state index contributed by atoms with van der Waals surface area (Å²) in [4.78, 5) is 12.0. The van der Waals surface area contributed by atoms with Crippen LogP contribution in [0.5, 0.6) is 5.75 Å². The molecule has 0 atom stereocenters. The van der Waals surface area contributed by atoms with Gasteiger partial charge in [-0.2, -0.15) is 0 Å². The van der Waals surface area contributed by atoms with Gasteiger partial charge in [0, 0.05) is 5.69 Å². The minimum atomic E-state index is -0.398. The molecule has 132 valence electrons. The monoisotopic (exact) mass is 432 g/mol. The molecule has 3 aromatic carbocycles. The predicted octanol–water partition coefficient (Wildman–Crippen LogP) is 4.63. The van der Waals surface area contributed by atoms with Crippen LogP contribution in [0.15, 0.2) is 65.1 Å². The van der Waals surface area contributed by atoms with Gasteiger partial charge in [0.05, 0.1) is 4.47 Å². The fourth-order valence-electron chi connectivity index (χ4n) is 2.33. The predicted molar refractivity (Wildman–Crippen MR) is 108 cm³/mol. The van der Waals surface area contributed by atoms with E-state index in [0.29, 0.717) is 11.4 Å². The number of rotatable bonds is 4. The number of halogens is 2. The van der Waals surface area contributed by atoms with Gasteiger partial charge in [0.25, 0.3) is 5.91 Å². The molecule has 7 heteroatoms. The van der Waals surface area contributed by atoms with E-state index in [4.69, 9.17) is 17.0 Å². The maximum Gasteiger partial charge on any atom is 0.264 e. The molecule has 0 bridgehead atoms. The van der Waals surface area contributed by atoms with E-state index in [1.165, 1.54) is 24.3 Å². The van der Waals surface area contributed by atoms with Gasteiger partial charge in [0.15, 0.2) is 11.7 Å². The maximum atomic E-state index is 12.9. The molecular formula is C19H14BrFN2O2S. The first-order valence-electron chi connectivity index (χ1n) is 7.69. The highest BCUT2D eigenvalue weighted by Crippen LogP contribution is 2.32. The van der Waals surface area contributed by atoms with Crippen molar-refractivity contribution in [2.45, 2.75) is 0 Å². The zero-order valence-electron chi connectivity index (χ0n) is 13.5. The van der Waals surface area contributed by atoms with Crippen molar-refractivity contribution in [2.75, 3.05) is 11.9 Å². The molecule has 0 spiro atoms. The largest absolute Gasteiger partial charge is 0.483 e. The van der Waals surface area contributed by atoms with Gasteiger partial charge in [-0.15, -0.1) is 0 Å². The highest BCUT2D eigenvalue weighted by Gasteiger charge is 2.10. The number of ether oxygens (including phenoxy) is 1. The van der Waals surface area contributed by atoms with E-state index in [1.807, 2.05) is 30.3 Å². The van der Waals surface area contributed by atoms with Crippen LogP contribution in [0.3, 0.4) is 0 Å². The van der Waals surface area contributed by atoms with Crippen LogP contribution in [0.4, 0.5) is 10.1 Å². The third-order valence-electron chi connectivity index (χ3n) is 3.54. The van der Waals surface area contributed by atoms with Crippen LogP contribution in [0, 0.1) is 5.82 Å². The molecule has 0 aliphatic heterocycles. The van der Waals surface area contributed by atoms with Gasteiger partial charge in [-0.3, -0.25) is 10.1 Å². The number of thiocarbonyl (C=S) groups is 1. The number of anilines is 1. The Morgan fingerprint density at radius 1 is 1.08 bits per heavy atom. The number of benzene rings is 3. The molecule has 1 amide bonds. The van der Waals surface area contributed by atoms with Gasteiger partial charge in [-0.1, -0.05) is 30.3 Å². The maximum absolute atomic E-state index is 12.9. The number of carbonyl (C=O) groups excluding carboxylic acids is 1. The number of hydrogen-bond donors (Lipinski definition) is 2. The second kappa shape index (κ2) is 8.25. The Balaban J connectivity index is 1.56. The molecule has 3 aromatic rings. The molecule has 0 unspecified atom stereocenters. The first-order chi connectivity index (χ1) is 12.5. The van der Waals surface area contributed by atoms with E-state index in [9.17, 15) is 9.18 Å². The van der Waals surface area contributed by atoms with Crippen LogP contribution in [-0.2, 0) is 4.79 Å². The second-order valence-electron chi connectivity index (χ2n) is 5.40. The standard InChI is InChI=1S/C19H14BrFN2O2S/c20-18-15-4-2-1-3-12(15)5-10-16(18)25-11-17(24)23-19(26)22-14-8-6-13(21)7-9-14/h1-10H,11H2,(H2,22,23,24,26). The van der Waals surface area contributed by atoms with E-state index >= 15 is 0 Å². The Kier molecular flexibility index (Phi) is 5.80. The van der Waals surface area contributed by atoms with Crippen LogP contribution >= 0.6 is 28.1 Å². The van der Waals surface area contributed by atoms with Crippen molar-refractivity contribution in [3.05, 3.63) is 71.0 Å². The number of nitrogens with one attached hydrogen (secondary N) is 2. The Labute approximate surface area is 163 Å². The molecule has 4 nitrogen and oxygen atoms in total. The Morgan fingerprint density at radius 3 is 2.58 bits per heavy atom. The lowest BCUT2D eigenvalue weighted by atomic mass is 10.1. The van der Waals surface area contributed by atoms with E-state index in [1.54, 1.807) is 6.07 Å². The second-order valence-corrected chi connectivity index (χ2v) is 6.60. The van der Waals surface area contributed by atoms with Crippen molar-refractivity contribution in [1.82, 2.24) is 5.32 Å². The third kappa shape index (κ3) is 4.56. The molecule has 0 aromatic heterocycles. The normalized spacial score (nSPS) is 10.4. The molecular weight excluding hydrogens is 419 g/mol. The molecule has 0 heterocycles. The van der Waals surface area contributed by atoms with Gasteiger partial charge in [-0.05, 0) is 69.3 Å². The van der Waals surface area contributed by atoms with E-state index in [2.05, 4.69) is 26.6 Å². The molecule has 0 aliphatic carbocycles. The number of amides is 1. The zero-order chi connectivity index (χ0) is 18.5. The lowest BCUT2D eigenvalue weighted by Crippen LogP contribution is -2.37. The van der Waals surface area contributed by atoms with Crippen molar-refractivity contribution in [2.24, 2.45) is 0 Å². The molecule has 0 radical (unpaired) electrons. The minimum Gasteiger partial charge on any atom is -0.483 e. The van der Waals surface area contributed by atoms with Crippen molar-refractivity contribution in [3.8, 4) is 5.75 Å². The van der Waals surface area contributed by atoms with E-state index in [-0.39, 0.29) is 17.5 Å². The fourth-order valence-corrected chi connectivity index (χ4v) is 3.17. The molecule has 0 fully saturated rings. The lowest BCUT2D eigenvalue weighted by molar-refractivity contribution is -0.121. The molecule has 0 aliphatic rings. The first-order valence-corrected chi connectivity index (χ1v) is 8.89. The highest BCUT2D eigenvalue weighted by molar-refractivity contribution is 9.10. The summed E-state index contributed by atoms with van der Waals surface area (Å²) in [6.45, 7) is -0.192. The van der Waals surface area contributed by atoms with E-state index < -0.39 is 5.91 Å². The van der Waals surface area contributed by atoms with Crippen molar-refractivity contribution in [1.29, 1.82) is 0 Å². The summed E-state index contributed by atoms with van der Waals surface area (Å²) < 4.78 is 19.2. The smallest absolute Gasteiger partial charge is 0.264 e.